The Kier molecular flexibility index (Phi) is 3.33. The largest absolute Gasteiger partial charge is 0.361 e. The highest BCUT2D eigenvalue weighted by atomic mass is 16.2. The molecule has 5 rings (SSSR count). The van der Waals surface area contributed by atoms with Gasteiger partial charge in [0.15, 0.2) is 0 Å². The Hall–Kier alpha value is -3.86. The third kappa shape index (κ3) is 2.25. The van der Waals surface area contributed by atoms with Gasteiger partial charge in [0.25, 0.3) is 11.8 Å². The Morgan fingerprint density at radius 3 is 2.22 bits per heavy atom. The standard InChI is InChI=1S/C22H15N3O2/c26-21-19(16-13-24-17-10-5-4-9-15(16)17)20(18-11-6-12-23-18)22(27)25(21)14-7-2-1-3-8-14/h1-13,23-24H. The van der Waals surface area contributed by atoms with E-state index in [4.69, 9.17) is 0 Å². The van der Waals surface area contributed by atoms with E-state index in [0.29, 0.717) is 22.5 Å². The van der Waals surface area contributed by atoms with E-state index in [1.807, 2.05) is 54.6 Å². The summed E-state index contributed by atoms with van der Waals surface area (Å²) < 4.78 is 0. The minimum atomic E-state index is -0.325. The van der Waals surface area contributed by atoms with Crippen molar-refractivity contribution >= 4 is 39.6 Å². The Morgan fingerprint density at radius 1 is 0.704 bits per heavy atom. The lowest BCUT2D eigenvalue weighted by atomic mass is 9.99. The monoisotopic (exact) mass is 353 g/mol. The molecule has 2 amide bonds. The maximum atomic E-state index is 13.4. The summed E-state index contributed by atoms with van der Waals surface area (Å²) in [5.74, 6) is -0.644. The van der Waals surface area contributed by atoms with Crippen molar-refractivity contribution in [2.75, 3.05) is 4.90 Å². The number of imide groups is 1. The van der Waals surface area contributed by atoms with E-state index in [1.54, 1.807) is 24.5 Å². The molecule has 2 aromatic carbocycles. The van der Waals surface area contributed by atoms with Gasteiger partial charge in [-0.25, -0.2) is 4.90 Å². The van der Waals surface area contributed by atoms with Gasteiger partial charge in [-0.1, -0.05) is 36.4 Å². The molecule has 2 N–H and O–H groups in total. The molecule has 130 valence electrons. The van der Waals surface area contributed by atoms with E-state index >= 15 is 0 Å². The third-order valence-electron chi connectivity index (χ3n) is 4.82. The molecule has 5 nitrogen and oxygen atoms in total. The average molecular weight is 353 g/mol. The summed E-state index contributed by atoms with van der Waals surface area (Å²) in [5, 5.41) is 0.910. The lowest BCUT2D eigenvalue weighted by Crippen LogP contribution is -2.31. The summed E-state index contributed by atoms with van der Waals surface area (Å²) in [6, 6.07) is 20.4. The molecule has 4 aromatic rings. The predicted octanol–water partition coefficient (Wildman–Crippen LogP) is 3.98. The van der Waals surface area contributed by atoms with Gasteiger partial charge in [0.1, 0.15) is 0 Å². The normalized spacial score (nSPS) is 14.6. The summed E-state index contributed by atoms with van der Waals surface area (Å²) in [4.78, 5) is 34.2. The van der Waals surface area contributed by atoms with Crippen LogP contribution in [0.1, 0.15) is 11.3 Å². The number of carbonyl (C=O) groups excluding carboxylic acids is 2. The zero-order valence-electron chi connectivity index (χ0n) is 14.3. The number of anilines is 1. The second-order valence-corrected chi connectivity index (χ2v) is 6.36. The minimum Gasteiger partial charge on any atom is -0.361 e. The second-order valence-electron chi connectivity index (χ2n) is 6.36. The zero-order chi connectivity index (χ0) is 18.4. The molecule has 0 bridgehead atoms. The number of hydrogen-bond donors (Lipinski definition) is 2. The molecule has 2 aromatic heterocycles. The summed E-state index contributed by atoms with van der Waals surface area (Å²) >= 11 is 0. The molecule has 0 spiro atoms. The van der Waals surface area contributed by atoms with Gasteiger partial charge in [-0.05, 0) is 30.3 Å². The van der Waals surface area contributed by atoms with Crippen LogP contribution in [0.4, 0.5) is 5.69 Å². The molecule has 0 saturated carbocycles. The van der Waals surface area contributed by atoms with Crippen molar-refractivity contribution in [3.8, 4) is 0 Å². The number of H-pyrrole nitrogens is 2. The third-order valence-corrected chi connectivity index (χ3v) is 4.82. The zero-order valence-corrected chi connectivity index (χ0v) is 14.3. The molecule has 3 heterocycles. The second kappa shape index (κ2) is 5.85. The highest BCUT2D eigenvalue weighted by Crippen LogP contribution is 2.39. The van der Waals surface area contributed by atoms with Crippen LogP contribution in [0.5, 0.6) is 0 Å². The van der Waals surface area contributed by atoms with Gasteiger partial charge in [-0.2, -0.15) is 0 Å². The van der Waals surface area contributed by atoms with Crippen molar-refractivity contribution in [3.63, 3.8) is 0 Å². The molecule has 0 fully saturated rings. The van der Waals surface area contributed by atoms with Crippen molar-refractivity contribution in [2.24, 2.45) is 0 Å². The van der Waals surface area contributed by atoms with Crippen LogP contribution in [-0.2, 0) is 9.59 Å². The Bertz CT molecular complexity index is 1200. The quantitative estimate of drug-likeness (QED) is 0.547. The number of para-hydroxylation sites is 2. The Labute approximate surface area is 154 Å². The molecule has 0 saturated heterocycles. The fourth-order valence-electron chi connectivity index (χ4n) is 3.61. The highest BCUT2D eigenvalue weighted by Gasteiger charge is 2.41. The van der Waals surface area contributed by atoms with Crippen LogP contribution < -0.4 is 4.90 Å². The van der Waals surface area contributed by atoms with E-state index in [1.165, 1.54) is 4.90 Å². The van der Waals surface area contributed by atoms with E-state index < -0.39 is 0 Å². The molecule has 27 heavy (non-hydrogen) atoms. The first-order valence-electron chi connectivity index (χ1n) is 8.64. The summed E-state index contributed by atoms with van der Waals surface area (Å²) in [5.41, 5.74) is 3.64. The smallest absolute Gasteiger partial charge is 0.268 e. The number of nitrogens with zero attached hydrogens (tertiary/aromatic N) is 1. The van der Waals surface area contributed by atoms with Crippen molar-refractivity contribution < 1.29 is 9.59 Å². The molecule has 0 unspecified atom stereocenters. The van der Waals surface area contributed by atoms with Crippen molar-refractivity contribution in [3.05, 3.63) is 90.4 Å². The maximum absolute atomic E-state index is 13.4. The van der Waals surface area contributed by atoms with Gasteiger partial charge in [-0.15, -0.1) is 0 Å². The van der Waals surface area contributed by atoms with Crippen molar-refractivity contribution in [2.45, 2.75) is 0 Å². The van der Waals surface area contributed by atoms with Gasteiger partial charge in [0.2, 0.25) is 0 Å². The number of nitrogens with one attached hydrogen (secondary N) is 2. The van der Waals surface area contributed by atoms with Crippen LogP contribution in [-0.4, -0.2) is 21.8 Å². The fraction of sp³-hybridized carbons (Fsp3) is 0. The molecule has 0 radical (unpaired) electrons. The molecule has 0 atom stereocenters. The summed E-state index contributed by atoms with van der Waals surface area (Å²) in [6.45, 7) is 0. The number of amides is 2. The molecule has 1 aliphatic rings. The topological polar surface area (TPSA) is 69.0 Å². The van der Waals surface area contributed by atoms with Crippen LogP contribution in [0.3, 0.4) is 0 Å². The van der Waals surface area contributed by atoms with E-state index in [2.05, 4.69) is 9.97 Å². The molecule has 5 heteroatoms. The predicted molar refractivity (Wildman–Crippen MR) is 105 cm³/mol. The number of aromatic amines is 2. The molecular formula is C22H15N3O2. The van der Waals surface area contributed by atoms with Crippen LogP contribution >= 0.6 is 0 Å². The Balaban J connectivity index is 1.77. The van der Waals surface area contributed by atoms with Gasteiger partial charge in [-0.3, -0.25) is 9.59 Å². The molecular weight excluding hydrogens is 338 g/mol. The molecule has 0 aliphatic carbocycles. The van der Waals surface area contributed by atoms with E-state index in [-0.39, 0.29) is 11.8 Å². The highest BCUT2D eigenvalue weighted by molar-refractivity contribution is 6.57. The van der Waals surface area contributed by atoms with Gasteiger partial charge in [0.05, 0.1) is 22.5 Å². The lowest BCUT2D eigenvalue weighted by Gasteiger charge is -2.14. The van der Waals surface area contributed by atoms with Crippen LogP contribution in [0.2, 0.25) is 0 Å². The number of aromatic nitrogens is 2. The van der Waals surface area contributed by atoms with E-state index in [9.17, 15) is 9.59 Å². The van der Waals surface area contributed by atoms with Crippen molar-refractivity contribution in [1.82, 2.24) is 9.97 Å². The van der Waals surface area contributed by atoms with E-state index in [0.717, 1.165) is 16.5 Å². The summed E-state index contributed by atoms with van der Waals surface area (Å²) in [7, 11) is 0. The Morgan fingerprint density at radius 2 is 1.44 bits per heavy atom. The van der Waals surface area contributed by atoms with Gasteiger partial charge >= 0.3 is 0 Å². The number of carbonyl (C=O) groups is 2. The van der Waals surface area contributed by atoms with Gasteiger partial charge < -0.3 is 9.97 Å². The SMILES string of the molecule is O=C1C(c2ccc[nH]2)=C(c2c[nH]c3ccccc23)C(=O)N1c1ccccc1. The first-order chi connectivity index (χ1) is 13.3. The summed E-state index contributed by atoms with van der Waals surface area (Å²) in [6.07, 6.45) is 3.54. The fourth-order valence-corrected chi connectivity index (χ4v) is 3.61. The first kappa shape index (κ1) is 15.4. The average Bonchev–Trinajstić information content (AvgIpc) is 3.41. The minimum absolute atomic E-state index is 0.319. The van der Waals surface area contributed by atoms with Crippen LogP contribution in [0.25, 0.3) is 22.0 Å². The molecule has 1 aliphatic heterocycles. The van der Waals surface area contributed by atoms with Gasteiger partial charge in [0, 0.05) is 28.9 Å². The van der Waals surface area contributed by atoms with Crippen LogP contribution in [0, 0.1) is 0 Å². The lowest BCUT2D eigenvalue weighted by molar-refractivity contribution is -0.119. The maximum Gasteiger partial charge on any atom is 0.268 e. The number of rotatable bonds is 3. The first-order valence-corrected chi connectivity index (χ1v) is 8.64. The number of benzene rings is 2. The van der Waals surface area contributed by atoms with Crippen LogP contribution in [0.15, 0.2) is 79.1 Å². The number of hydrogen-bond acceptors (Lipinski definition) is 2. The number of fused-ring (bicyclic) bond motifs is 1. The van der Waals surface area contributed by atoms with Crippen molar-refractivity contribution in [1.29, 1.82) is 0 Å².